The van der Waals surface area contributed by atoms with Crippen molar-refractivity contribution in [3.05, 3.63) is 40.8 Å². The summed E-state index contributed by atoms with van der Waals surface area (Å²) in [6.45, 7) is 6.93. The minimum absolute atomic E-state index is 0.714. The Morgan fingerprint density at radius 2 is 2.06 bits per heavy atom. The molecule has 3 nitrogen and oxygen atoms in total. The number of hydrogen-bond acceptors (Lipinski definition) is 4. The molecule has 0 atom stereocenters. The average molecular weight is 262 g/mol. The fraction of sp³-hybridized carbons (Fsp3) is 0.357. The average Bonchev–Trinajstić information content (AvgIpc) is 2.62. The third kappa shape index (κ3) is 2.94. The van der Waals surface area contributed by atoms with Gasteiger partial charge in [0.25, 0.3) is 5.22 Å². The van der Waals surface area contributed by atoms with E-state index in [0.717, 1.165) is 22.9 Å². The number of rotatable bonds is 4. The summed E-state index contributed by atoms with van der Waals surface area (Å²) in [5, 5.41) is 3.88. The van der Waals surface area contributed by atoms with Crippen LogP contribution in [0.25, 0.3) is 0 Å². The van der Waals surface area contributed by atoms with Gasteiger partial charge in [-0.25, -0.2) is 4.98 Å². The Hall–Kier alpha value is -1.26. The van der Waals surface area contributed by atoms with Crippen LogP contribution in [0.15, 0.2) is 32.7 Å². The SMILES string of the molecule is CNCc1ccc(Sc2nc(C)c(C)o2)cc1C. The van der Waals surface area contributed by atoms with Crippen molar-refractivity contribution in [2.24, 2.45) is 0 Å². The van der Waals surface area contributed by atoms with E-state index in [9.17, 15) is 0 Å². The van der Waals surface area contributed by atoms with Crippen LogP contribution in [0.5, 0.6) is 0 Å². The molecule has 0 spiro atoms. The molecule has 0 saturated carbocycles. The summed E-state index contributed by atoms with van der Waals surface area (Å²) in [6.07, 6.45) is 0. The molecule has 0 aliphatic heterocycles. The first-order valence-corrected chi connectivity index (χ1v) is 6.78. The second-order valence-corrected chi connectivity index (χ2v) is 5.37. The monoisotopic (exact) mass is 262 g/mol. The molecule has 0 fully saturated rings. The summed E-state index contributed by atoms with van der Waals surface area (Å²) in [5.74, 6) is 0.890. The normalized spacial score (nSPS) is 10.9. The van der Waals surface area contributed by atoms with Crippen molar-refractivity contribution >= 4 is 11.8 Å². The number of oxazole rings is 1. The maximum Gasteiger partial charge on any atom is 0.260 e. The zero-order valence-corrected chi connectivity index (χ0v) is 12.0. The number of aryl methyl sites for hydroxylation is 3. The van der Waals surface area contributed by atoms with Crippen molar-refractivity contribution in [3.63, 3.8) is 0 Å². The summed E-state index contributed by atoms with van der Waals surface area (Å²) in [6, 6.07) is 6.43. The Bertz CT molecular complexity index is 529. The van der Waals surface area contributed by atoms with E-state index in [4.69, 9.17) is 4.42 Å². The highest BCUT2D eigenvalue weighted by Gasteiger charge is 2.08. The largest absolute Gasteiger partial charge is 0.436 e. The van der Waals surface area contributed by atoms with Crippen LogP contribution >= 0.6 is 11.8 Å². The summed E-state index contributed by atoms with van der Waals surface area (Å²) in [4.78, 5) is 5.54. The molecular formula is C14H18N2OS. The molecule has 0 aliphatic carbocycles. The van der Waals surface area contributed by atoms with Gasteiger partial charge in [0.2, 0.25) is 0 Å². The van der Waals surface area contributed by atoms with E-state index in [1.165, 1.54) is 11.1 Å². The number of nitrogens with zero attached hydrogens (tertiary/aromatic N) is 1. The Balaban J connectivity index is 2.17. The van der Waals surface area contributed by atoms with E-state index in [1.54, 1.807) is 11.8 Å². The lowest BCUT2D eigenvalue weighted by Gasteiger charge is -2.06. The Morgan fingerprint density at radius 1 is 1.28 bits per heavy atom. The first kappa shape index (κ1) is 13.2. The molecule has 0 unspecified atom stereocenters. The van der Waals surface area contributed by atoms with Crippen LogP contribution in [-0.4, -0.2) is 12.0 Å². The maximum absolute atomic E-state index is 5.58. The number of nitrogens with one attached hydrogen (secondary N) is 1. The van der Waals surface area contributed by atoms with Crippen LogP contribution < -0.4 is 5.32 Å². The van der Waals surface area contributed by atoms with Crippen LogP contribution in [0.3, 0.4) is 0 Å². The second-order valence-electron chi connectivity index (χ2n) is 4.34. The fourth-order valence-corrected chi connectivity index (χ4v) is 2.63. The number of aromatic nitrogens is 1. The smallest absolute Gasteiger partial charge is 0.260 e. The van der Waals surface area contributed by atoms with E-state index in [0.29, 0.717) is 5.22 Å². The molecule has 96 valence electrons. The van der Waals surface area contributed by atoms with Gasteiger partial charge in [-0.05, 0) is 62.8 Å². The summed E-state index contributed by atoms with van der Waals surface area (Å²) in [7, 11) is 1.96. The maximum atomic E-state index is 5.58. The topological polar surface area (TPSA) is 38.1 Å². The highest BCUT2D eigenvalue weighted by Crippen LogP contribution is 2.29. The minimum Gasteiger partial charge on any atom is -0.436 e. The zero-order chi connectivity index (χ0) is 13.1. The van der Waals surface area contributed by atoms with Crippen LogP contribution in [0.2, 0.25) is 0 Å². The van der Waals surface area contributed by atoms with Crippen molar-refractivity contribution in [1.82, 2.24) is 10.3 Å². The van der Waals surface area contributed by atoms with E-state index >= 15 is 0 Å². The van der Waals surface area contributed by atoms with Gasteiger partial charge in [0.05, 0.1) is 5.69 Å². The Kier molecular flexibility index (Phi) is 4.09. The summed E-state index contributed by atoms with van der Waals surface area (Å²) in [5.41, 5.74) is 3.57. The number of benzene rings is 1. The molecule has 4 heteroatoms. The molecule has 0 saturated heterocycles. The molecular weight excluding hydrogens is 244 g/mol. The number of hydrogen-bond donors (Lipinski definition) is 1. The van der Waals surface area contributed by atoms with Crippen LogP contribution in [-0.2, 0) is 6.54 Å². The van der Waals surface area contributed by atoms with E-state index in [-0.39, 0.29) is 0 Å². The van der Waals surface area contributed by atoms with E-state index in [2.05, 4.69) is 35.4 Å². The molecule has 2 aromatic rings. The van der Waals surface area contributed by atoms with Crippen LogP contribution in [0.4, 0.5) is 0 Å². The van der Waals surface area contributed by atoms with Gasteiger partial charge >= 0.3 is 0 Å². The molecule has 0 aliphatic rings. The van der Waals surface area contributed by atoms with Gasteiger partial charge in [-0.1, -0.05) is 6.07 Å². The lowest BCUT2D eigenvalue weighted by molar-refractivity contribution is 0.431. The molecule has 18 heavy (non-hydrogen) atoms. The first-order chi connectivity index (χ1) is 8.60. The highest BCUT2D eigenvalue weighted by molar-refractivity contribution is 7.99. The van der Waals surface area contributed by atoms with Crippen molar-refractivity contribution in [2.75, 3.05) is 7.05 Å². The van der Waals surface area contributed by atoms with E-state index < -0.39 is 0 Å². The van der Waals surface area contributed by atoms with Gasteiger partial charge in [0, 0.05) is 11.4 Å². The van der Waals surface area contributed by atoms with Gasteiger partial charge < -0.3 is 9.73 Å². The molecule has 1 aromatic heterocycles. The first-order valence-electron chi connectivity index (χ1n) is 5.96. The van der Waals surface area contributed by atoms with Crippen molar-refractivity contribution in [1.29, 1.82) is 0 Å². The molecule has 0 bridgehead atoms. The Morgan fingerprint density at radius 3 is 2.61 bits per heavy atom. The van der Waals surface area contributed by atoms with Crippen molar-refractivity contribution < 1.29 is 4.42 Å². The zero-order valence-electron chi connectivity index (χ0n) is 11.2. The van der Waals surface area contributed by atoms with Crippen LogP contribution in [0, 0.1) is 20.8 Å². The third-order valence-electron chi connectivity index (χ3n) is 2.90. The molecule has 1 aromatic carbocycles. The van der Waals surface area contributed by atoms with Crippen molar-refractivity contribution in [2.45, 2.75) is 37.4 Å². The predicted molar refractivity (Wildman–Crippen MR) is 74.0 cm³/mol. The Labute approximate surface area is 112 Å². The standard InChI is InChI=1S/C14H18N2OS/c1-9-7-13(6-5-12(9)8-15-4)18-14-16-10(2)11(3)17-14/h5-7,15H,8H2,1-4H3. The van der Waals surface area contributed by atoms with Crippen molar-refractivity contribution in [3.8, 4) is 0 Å². The van der Waals surface area contributed by atoms with Gasteiger partial charge in [0.1, 0.15) is 5.76 Å². The van der Waals surface area contributed by atoms with E-state index in [1.807, 2.05) is 20.9 Å². The minimum atomic E-state index is 0.714. The quantitative estimate of drug-likeness (QED) is 0.915. The van der Waals surface area contributed by atoms with Gasteiger partial charge in [-0.3, -0.25) is 0 Å². The summed E-state index contributed by atoms with van der Waals surface area (Å²) < 4.78 is 5.58. The van der Waals surface area contributed by atoms with Gasteiger partial charge in [-0.2, -0.15) is 0 Å². The third-order valence-corrected chi connectivity index (χ3v) is 3.73. The molecule has 2 rings (SSSR count). The second kappa shape index (κ2) is 5.59. The van der Waals surface area contributed by atoms with Crippen LogP contribution in [0.1, 0.15) is 22.6 Å². The lowest BCUT2D eigenvalue weighted by atomic mass is 10.1. The van der Waals surface area contributed by atoms with Gasteiger partial charge in [-0.15, -0.1) is 0 Å². The van der Waals surface area contributed by atoms with Gasteiger partial charge in [0.15, 0.2) is 0 Å². The molecule has 0 amide bonds. The highest BCUT2D eigenvalue weighted by atomic mass is 32.2. The molecule has 1 N–H and O–H groups in total. The predicted octanol–water partition coefficient (Wildman–Crippen LogP) is 3.47. The molecule has 1 heterocycles. The summed E-state index contributed by atoms with van der Waals surface area (Å²) >= 11 is 1.57. The molecule has 0 radical (unpaired) electrons. The lowest BCUT2D eigenvalue weighted by Crippen LogP contribution is -2.06. The fourth-order valence-electron chi connectivity index (χ4n) is 1.71.